The second-order valence-electron chi connectivity index (χ2n) is 1.24. The third-order valence-electron chi connectivity index (χ3n) is 0.690. The van der Waals surface area contributed by atoms with Crippen LogP contribution < -0.4 is 0 Å². The molecule has 4 heteroatoms. The normalized spacial score (nSPS) is 17.5. The number of aliphatic imine (C=N–C) groups is 1. The van der Waals surface area contributed by atoms with Crippen LogP contribution in [0.4, 0.5) is 0 Å². The summed E-state index contributed by atoms with van der Waals surface area (Å²) in [5.41, 5.74) is 0. The maximum absolute atomic E-state index is 10.2. The number of nitroso groups, excluding NO2 is 1. The van der Waals surface area contributed by atoms with Crippen molar-refractivity contribution in [1.82, 2.24) is 0 Å². The van der Waals surface area contributed by atoms with E-state index in [0.717, 1.165) is 12.4 Å². The molecule has 1 aliphatic rings. The van der Waals surface area contributed by atoms with Gasteiger partial charge >= 0.3 is 5.91 Å². The maximum Gasteiger partial charge on any atom is 0.482 e. The van der Waals surface area contributed by atoms with E-state index in [1.54, 1.807) is 0 Å². The van der Waals surface area contributed by atoms with E-state index >= 15 is 0 Å². The van der Waals surface area contributed by atoms with Gasteiger partial charge in [0.1, 0.15) is 11.0 Å². The molecule has 0 saturated heterocycles. The van der Waals surface area contributed by atoms with Crippen molar-refractivity contribution in [3.63, 3.8) is 0 Å². The molecule has 8 heavy (non-hydrogen) atoms. The zero-order valence-electron chi connectivity index (χ0n) is 3.94. The van der Waals surface area contributed by atoms with Crippen molar-refractivity contribution in [3.8, 4) is 0 Å². The molecule has 0 aromatic rings. The molecule has 1 amide bonds. The summed E-state index contributed by atoms with van der Waals surface area (Å²) in [5.74, 6) is -0.632. The lowest BCUT2D eigenvalue weighted by molar-refractivity contribution is -0.393. The van der Waals surface area contributed by atoms with E-state index in [4.69, 9.17) is 0 Å². The largest absolute Gasteiger partial charge is 0.482 e. The van der Waals surface area contributed by atoms with Crippen LogP contribution in [0, 0.1) is 4.91 Å². The van der Waals surface area contributed by atoms with E-state index in [9.17, 15) is 9.70 Å². The molecule has 0 bridgehead atoms. The van der Waals surface area contributed by atoms with E-state index in [-0.39, 0.29) is 4.76 Å². The predicted octanol–water partition coefficient (Wildman–Crippen LogP) is -0.153. The fourth-order valence-electron chi connectivity index (χ4n) is 0.336. The summed E-state index contributed by atoms with van der Waals surface area (Å²) in [6, 6.07) is 0. The van der Waals surface area contributed by atoms with Crippen molar-refractivity contribution in [3.05, 3.63) is 17.3 Å². The molecule has 4 nitrogen and oxygen atoms in total. The Labute approximate surface area is 45.1 Å². The first-order valence-corrected chi connectivity index (χ1v) is 2.01. The highest BCUT2D eigenvalue weighted by molar-refractivity contribution is 6.22. The Morgan fingerprint density at radius 3 is 2.75 bits per heavy atom. The Hall–Kier alpha value is -1.32. The predicted molar refractivity (Wildman–Crippen MR) is 26.3 cm³/mol. The average Bonchev–Trinajstić information content (AvgIpc) is 1.77. The second-order valence-corrected chi connectivity index (χ2v) is 1.24. The molecule has 1 rings (SSSR count). The highest BCUT2D eigenvalue weighted by atomic mass is 16.3. The Kier molecular flexibility index (Phi) is 0.997. The second kappa shape index (κ2) is 1.65. The molecule has 0 radical (unpaired) electrons. The number of nitrogens with zero attached hydrogens (tertiary/aromatic N) is 2. The van der Waals surface area contributed by atoms with Gasteiger partial charge in [-0.25, -0.2) is 9.79 Å². The monoisotopic (exact) mass is 111 g/mol. The number of amides is 1. The molecule has 0 aromatic carbocycles. The molecule has 0 aromatic heterocycles. The lowest BCUT2D eigenvalue weighted by atomic mass is 10.6. The first-order chi connectivity index (χ1) is 3.80. The molecule has 40 valence electrons. The van der Waals surface area contributed by atoms with E-state index < -0.39 is 5.91 Å². The summed E-state index contributed by atoms with van der Waals surface area (Å²) in [6.07, 6.45) is 3.28. The van der Waals surface area contributed by atoms with E-state index in [1.807, 2.05) is 0 Å². The van der Waals surface area contributed by atoms with Crippen LogP contribution in [0.2, 0.25) is 0 Å². The van der Waals surface area contributed by atoms with Crippen LogP contribution in [-0.4, -0.2) is 16.9 Å². The highest BCUT2D eigenvalue weighted by Gasteiger charge is 2.17. The summed E-state index contributed by atoms with van der Waals surface area (Å²) in [4.78, 5) is 23.8. The molecule has 1 heterocycles. The van der Waals surface area contributed by atoms with Crippen LogP contribution in [0.15, 0.2) is 17.4 Å². The zero-order valence-corrected chi connectivity index (χ0v) is 3.94. The molecule has 0 spiro atoms. The SMILES string of the molecule is O=C1C=NC=C[N+]1=O. The Bertz CT molecular complexity index is 170. The molecular weight excluding hydrogens is 108 g/mol. The third-order valence-corrected chi connectivity index (χ3v) is 0.690. The van der Waals surface area contributed by atoms with Gasteiger partial charge < -0.3 is 0 Å². The van der Waals surface area contributed by atoms with E-state index in [0.29, 0.717) is 0 Å². The minimum Gasteiger partial charge on any atom is -0.247 e. The number of hydrogen-bond donors (Lipinski definition) is 0. The lowest BCUT2D eigenvalue weighted by Gasteiger charge is -1.79. The maximum atomic E-state index is 10.2. The Morgan fingerprint density at radius 2 is 2.38 bits per heavy atom. The molecule has 0 aliphatic carbocycles. The van der Waals surface area contributed by atoms with Gasteiger partial charge in [0, 0.05) is 4.91 Å². The molecule has 0 saturated carbocycles. The number of rotatable bonds is 0. The Morgan fingerprint density at radius 1 is 1.62 bits per heavy atom. The molecule has 0 fully saturated rings. The quantitative estimate of drug-likeness (QED) is 0.408. The van der Waals surface area contributed by atoms with Crippen molar-refractivity contribution in [2.75, 3.05) is 0 Å². The van der Waals surface area contributed by atoms with Gasteiger partial charge in [-0.15, -0.1) is 0 Å². The van der Waals surface area contributed by atoms with Gasteiger partial charge in [0.15, 0.2) is 0 Å². The topological polar surface area (TPSA) is 49.5 Å². The minimum atomic E-state index is -0.632. The van der Waals surface area contributed by atoms with E-state index in [1.165, 1.54) is 6.20 Å². The van der Waals surface area contributed by atoms with Crippen LogP contribution in [-0.2, 0) is 4.79 Å². The standard InChI is InChI=1S/C4H3N2O2/c7-4-3-5-1-2-6(4)8/h1-3H/q+1. The van der Waals surface area contributed by atoms with Crippen molar-refractivity contribution in [2.45, 2.75) is 0 Å². The van der Waals surface area contributed by atoms with Crippen molar-refractivity contribution < 1.29 is 9.55 Å². The van der Waals surface area contributed by atoms with Gasteiger partial charge in [-0.2, -0.15) is 0 Å². The third kappa shape index (κ3) is 0.676. The average molecular weight is 111 g/mol. The van der Waals surface area contributed by atoms with E-state index in [2.05, 4.69) is 4.99 Å². The van der Waals surface area contributed by atoms with Crippen LogP contribution >= 0.6 is 0 Å². The van der Waals surface area contributed by atoms with Crippen molar-refractivity contribution >= 4 is 12.1 Å². The minimum absolute atomic E-state index is 0.215. The summed E-state index contributed by atoms with van der Waals surface area (Å²) in [7, 11) is 0. The molecule has 0 unspecified atom stereocenters. The van der Waals surface area contributed by atoms with Crippen LogP contribution in [0.3, 0.4) is 0 Å². The molecule has 0 atom stereocenters. The summed E-state index contributed by atoms with van der Waals surface area (Å²) in [5, 5.41) is 0. The number of carbonyl (C=O) groups excluding carboxylic acids is 1. The first-order valence-electron chi connectivity index (χ1n) is 2.01. The first kappa shape index (κ1) is 4.83. The fraction of sp³-hybridized carbons (Fsp3) is 0. The lowest BCUT2D eigenvalue weighted by Crippen LogP contribution is -2.14. The van der Waals surface area contributed by atoms with Gasteiger partial charge in [0.25, 0.3) is 6.20 Å². The van der Waals surface area contributed by atoms with Crippen molar-refractivity contribution in [1.29, 1.82) is 0 Å². The summed E-state index contributed by atoms with van der Waals surface area (Å²) in [6.45, 7) is 0. The van der Waals surface area contributed by atoms with Gasteiger partial charge in [-0.05, 0) is 0 Å². The summed E-state index contributed by atoms with van der Waals surface area (Å²) >= 11 is 0. The molecular formula is C4H3N2O2+. The summed E-state index contributed by atoms with van der Waals surface area (Å²) < 4.78 is 0.215. The van der Waals surface area contributed by atoms with Crippen molar-refractivity contribution in [2.24, 2.45) is 4.99 Å². The highest BCUT2D eigenvalue weighted by Crippen LogP contribution is 1.85. The van der Waals surface area contributed by atoms with Gasteiger partial charge in [0.05, 0.1) is 6.20 Å². The van der Waals surface area contributed by atoms with Crippen LogP contribution in [0.5, 0.6) is 0 Å². The van der Waals surface area contributed by atoms with Crippen LogP contribution in [0.1, 0.15) is 0 Å². The van der Waals surface area contributed by atoms with Crippen LogP contribution in [0.25, 0.3) is 0 Å². The Balaban J connectivity index is 2.89. The molecule has 0 N–H and O–H groups in total. The number of hydrogen-bond acceptors (Lipinski definition) is 3. The zero-order chi connectivity index (χ0) is 5.98. The smallest absolute Gasteiger partial charge is 0.247 e. The molecule has 1 aliphatic heterocycles. The van der Waals surface area contributed by atoms with Gasteiger partial charge in [-0.1, -0.05) is 0 Å². The number of carbonyl (C=O) groups is 1. The fourth-order valence-corrected chi connectivity index (χ4v) is 0.336. The van der Waals surface area contributed by atoms with Gasteiger partial charge in [-0.3, -0.25) is 0 Å². The van der Waals surface area contributed by atoms with Gasteiger partial charge in [0.2, 0.25) is 0 Å².